The number of aliphatic hydroxyl groups is 2. The molecule has 0 radical (unpaired) electrons. The van der Waals surface area contributed by atoms with E-state index in [9.17, 15) is 10.2 Å². The standard InChI is InChI=1S/C26H34O3/c1-3-21-9-13-23(14-10-21)19-25(7-5-17-27)29-26(8-6-18-28)20-24-15-11-22(4-2)12-16-24/h3-4,9-16,25-28H,1-2,5-8,17-20H2. The first-order chi connectivity index (χ1) is 14.2. The van der Waals surface area contributed by atoms with Crippen molar-refractivity contribution in [2.24, 2.45) is 0 Å². The molecule has 2 aromatic rings. The number of ether oxygens (including phenoxy) is 1. The highest BCUT2D eigenvalue weighted by atomic mass is 16.5. The molecular formula is C26H34O3. The normalized spacial score (nSPS) is 13.0. The molecule has 0 aliphatic rings. The lowest BCUT2D eigenvalue weighted by Gasteiger charge is -2.25. The fourth-order valence-corrected chi connectivity index (χ4v) is 3.45. The minimum atomic E-state index is 0.0351. The molecule has 2 N–H and O–H groups in total. The fourth-order valence-electron chi connectivity index (χ4n) is 3.45. The van der Waals surface area contributed by atoms with E-state index in [2.05, 4.69) is 61.7 Å². The maximum absolute atomic E-state index is 9.30. The van der Waals surface area contributed by atoms with Gasteiger partial charge >= 0.3 is 0 Å². The molecule has 29 heavy (non-hydrogen) atoms. The summed E-state index contributed by atoms with van der Waals surface area (Å²) in [7, 11) is 0. The maximum Gasteiger partial charge on any atom is 0.0620 e. The summed E-state index contributed by atoms with van der Waals surface area (Å²) in [6.07, 6.45) is 8.42. The van der Waals surface area contributed by atoms with Crippen LogP contribution in [-0.4, -0.2) is 35.6 Å². The largest absolute Gasteiger partial charge is 0.396 e. The molecule has 0 aliphatic carbocycles. The number of aliphatic hydroxyl groups excluding tert-OH is 2. The van der Waals surface area contributed by atoms with Crippen molar-refractivity contribution >= 4 is 12.2 Å². The van der Waals surface area contributed by atoms with Crippen LogP contribution in [0, 0.1) is 0 Å². The Hall–Kier alpha value is -2.20. The molecule has 0 aromatic heterocycles. The van der Waals surface area contributed by atoms with Crippen LogP contribution in [0.2, 0.25) is 0 Å². The highest BCUT2D eigenvalue weighted by Gasteiger charge is 2.18. The van der Waals surface area contributed by atoms with Crippen LogP contribution in [0.4, 0.5) is 0 Å². The third kappa shape index (κ3) is 8.36. The molecule has 0 bridgehead atoms. The molecule has 0 fully saturated rings. The van der Waals surface area contributed by atoms with Gasteiger partial charge in [-0.25, -0.2) is 0 Å². The van der Waals surface area contributed by atoms with E-state index >= 15 is 0 Å². The van der Waals surface area contributed by atoms with Crippen molar-refractivity contribution in [1.29, 1.82) is 0 Å². The van der Waals surface area contributed by atoms with Gasteiger partial charge in [-0.05, 0) is 60.8 Å². The van der Waals surface area contributed by atoms with Crippen LogP contribution in [-0.2, 0) is 17.6 Å². The Morgan fingerprint density at radius 3 is 1.38 bits per heavy atom. The summed E-state index contributed by atoms with van der Waals surface area (Å²) < 4.78 is 6.51. The third-order valence-corrected chi connectivity index (χ3v) is 5.11. The van der Waals surface area contributed by atoms with Gasteiger partial charge in [0, 0.05) is 13.2 Å². The average Bonchev–Trinajstić information content (AvgIpc) is 2.76. The Morgan fingerprint density at radius 1 is 0.690 bits per heavy atom. The van der Waals surface area contributed by atoms with Crippen LogP contribution in [0.3, 0.4) is 0 Å². The van der Waals surface area contributed by atoms with Gasteiger partial charge in [-0.2, -0.15) is 0 Å². The third-order valence-electron chi connectivity index (χ3n) is 5.11. The number of benzene rings is 2. The maximum atomic E-state index is 9.30. The molecule has 0 amide bonds. The Labute approximate surface area is 175 Å². The molecule has 0 spiro atoms. The first-order valence-electron chi connectivity index (χ1n) is 10.5. The van der Waals surface area contributed by atoms with Gasteiger partial charge in [0.25, 0.3) is 0 Å². The van der Waals surface area contributed by atoms with Crippen molar-refractivity contribution in [3.05, 3.63) is 83.9 Å². The zero-order valence-electron chi connectivity index (χ0n) is 17.3. The summed E-state index contributed by atoms with van der Waals surface area (Å²) in [5.74, 6) is 0. The van der Waals surface area contributed by atoms with Crippen molar-refractivity contribution in [3.63, 3.8) is 0 Å². The summed E-state index contributed by atoms with van der Waals surface area (Å²) in [6, 6.07) is 16.7. The van der Waals surface area contributed by atoms with Gasteiger partial charge in [0.2, 0.25) is 0 Å². The molecule has 2 atom stereocenters. The second-order valence-electron chi connectivity index (χ2n) is 7.41. The lowest BCUT2D eigenvalue weighted by Crippen LogP contribution is -2.26. The van der Waals surface area contributed by atoms with Gasteiger partial charge in [0.05, 0.1) is 12.2 Å². The van der Waals surface area contributed by atoms with Crippen molar-refractivity contribution in [3.8, 4) is 0 Å². The lowest BCUT2D eigenvalue weighted by atomic mass is 10.00. The van der Waals surface area contributed by atoms with Crippen LogP contribution in [0.1, 0.15) is 47.9 Å². The zero-order chi connectivity index (χ0) is 20.9. The highest BCUT2D eigenvalue weighted by Crippen LogP contribution is 2.19. The number of hydrogen-bond donors (Lipinski definition) is 2. The summed E-state index contributed by atoms with van der Waals surface area (Å²) in [5, 5.41) is 18.6. The minimum Gasteiger partial charge on any atom is -0.396 e. The van der Waals surface area contributed by atoms with Gasteiger partial charge in [-0.1, -0.05) is 73.8 Å². The number of rotatable bonds is 14. The molecule has 3 nitrogen and oxygen atoms in total. The molecule has 156 valence electrons. The topological polar surface area (TPSA) is 49.7 Å². The van der Waals surface area contributed by atoms with E-state index in [0.717, 1.165) is 49.7 Å². The Morgan fingerprint density at radius 2 is 1.07 bits per heavy atom. The van der Waals surface area contributed by atoms with Crippen LogP contribution in [0.25, 0.3) is 12.2 Å². The van der Waals surface area contributed by atoms with Crippen LogP contribution < -0.4 is 0 Å². The van der Waals surface area contributed by atoms with Crippen molar-refractivity contribution < 1.29 is 14.9 Å². The van der Waals surface area contributed by atoms with Crippen LogP contribution in [0.15, 0.2) is 61.7 Å². The second-order valence-corrected chi connectivity index (χ2v) is 7.41. The summed E-state index contributed by atoms with van der Waals surface area (Å²) in [4.78, 5) is 0. The lowest BCUT2D eigenvalue weighted by molar-refractivity contribution is -0.0244. The molecule has 0 saturated carbocycles. The summed E-state index contributed by atoms with van der Waals surface area (Å²) >= 11 is 0. The second kappa shape index (κ2) is 13.1. The molecule has 0 heterocycles. The minimum absolute atomic E-state index is 0.0351. The molecule has 3 heteroatoms. The molecule has 0 aliphatic heterocycles. The fraction of sp³-hybridized carbons (Fsp3) is 0.385. The quantitative estimate of drug-likeness (QED) is 0.471. The van der Waals surface area contributed by atoms with E-state index in [1.165, 1.54) is 11.1 Å². The zero-order valence-corrected chi connectivity index (χ0v) is 17.3. The molecular weight excluding hydrogens is 360 g/mol. The van der Waals surface area contributed by atoms with Crippen LogP contribution >= 0.6 is 0 Å². The van der Waals surface area contributed by atoms with Gasteiger partial charge < -0.3 is 14.9 Å². The number of hydrogen-bond acceptors (Lipinski definition) is 3. The van der Waals surface area contributed by atoms with E-state index in [1.54, 1.807) is 0 Å². The van der Waals surface area contributed by atoms with Crippen molar-refractivity contribution in [2.75, 3.05) is 13.2 Å². The monoisotopic (exact) mass is 394 g/mol. The van der Waals surface area contributed by atoms with Crippen molar-refractivity contribution in [1.82, 2.24) is 0 Å². The Kier molecular flexibility index (Phi) is 10.4. The van der Waals surface area contributed by atoms with Gasteiger partial charge in [0.15, 0.2) is 0 Å². The van der Waals surface area contributed by atoms with Crippen molar-refractivity contribution in [2.45, 2.75) is 50.7 Å². The smallest absolute Gasteiger partial charge is 0.0620 e. The summed E-state index contributed by atoms with van der Waals surface area (Å²) in [6.45, 7) is 7.94. The molecule has 2 aromatic carbocycles. The SMILES string of the molecule is C=Cc1ccc(CC(CCCO)OC(CCCO)Cc2ccc(C=C)cc2)cc1. The van der Waals surface area contributed by atoms with E-state index in [1.807, 2.05) is 12.2 Å². The Bertz CT molecular complexity index is 655. The van der Waals surface area contributed by atoms with Gasteiger partial charge in [-0.15, -0.1) is 0 Å². The van der Waals surface area contributed by atoms with Gasteiger partial charge in [0.1, 0.15) is 0 Å². The molecule has 2 unspecified atom stereocenters. The van der Waals surface area contributed by atoms with E-state index in [-0.39, 0.29) is 25.4 Å². The predicted molar refractivity (Wildman–Crippen MR) is 122 cm³/mol. The van der Waals surface area contributed by atoms with E-state index < -0.39 is 0 Å². The predicted octanol–water partition coefficient (Wildman–Crippen LogP) is 5.06. The molecule has 0 saturated heterocycles. The van der Waals surface area contributed by atoms with Crippen LogP contribution in [0.5, 0.6) is 0 Å². The summed E-state index contributed by atoms with van der Waals surface area (Å²) in [5.41, 5.74) is 4.64. The average molecular weight is 395 g/mol. The van der Waals surface area contributed by atoms with E-state index in [4.69, 9.17) is 4.74 Å². The highest BCUT2D eigenvalue weighted by molar-refractivity contribution is 5.47. The first kappa shape index (κ1) is 23.1. The van der Waals surface area contributed by atoms with E-state index in [0.29, 0.717) is 0 Å². The van der Waals surface area contributed by atoms with Gasteiger partial charge in [-0.3, -0.25) is 0 Å². The Balaban J connectivity index is 2.07. The first-order valence-corrected chi connectivity index (χ1v) is 10.5. The molecule has 2 rings (SSSR count).